The number of carbonyl (C=O) groups excluding carboxylic acids is 4. The summed E-state index contributed by atoms with van der Waals surface area (Å²) in [5, 5.41) is 8.18. The lowest BCUT2D eigenvalue weighted by Crippen LogP contribution is -2.51. The van der Waals surface area contributed by atoms with Gasteiger partial charge in [0.05, 0.1) is 6.04 Å². The van der Waals surface area contributed by atoms with E-state index in [2.05, 4.69) is 16.0 Å². The zero-order valence-corrected chi connectivity index (χ0v) is 19.1. The first-order chi connectivity index (χ1) is 16.4. The molecule has 0 aliphatic carbocycles. The van der Waals surface area contributed by atoms with Crippen LogP contribution in [0.15, 0.2) is 54.6 Å². The highest BCUT2D eigenvalue weighted by atomic mass is 35.5. The van der Waals surface area contributed by atoms with E-state index >= 15 is 0 Å². The maximum absolute atomic E-state index is 14.0. The number of benzene rings is 2. The first-order valence-corrected chi connectivity index (χ1v) is 11.2. The van der Waals surface area contributed by atoms with Gasteiger partial charge in [-0.25, -0.2) is 4.39 Å². The Hall–Kier alpha value is -3.52. The molecule has 0 unspecified atom stereocenters. The zero-order valence-electron chi connectivity index (χ0n) is 18.3. The summed E-state index contributed by atoms with van der Waals surface area (Å²) in [6.45, 7) is 0.538. The summed E-state index contributed by atoms with van der Waals surface area (Å²) in [6.07, 6.45) is 3.95. The molecule has 1 saturated heterocycles. The molecule has 0 bridgehead atoms. The lowest BCUT2D eigenvalue weighted by Gasteiger charge is -2.21. The van der Waals surface area contributed by atoms with Gasteiger partial charge in [-0.1, -0.05) is 48.0 Å². The lowest BCUT2D eigenvalue weighted by atomic mass is 9.98. The van der Waals surface area contributed by atoms with Crippen molar-refractivity contribution in [3.05, 3.63) is 76.6 Å². The summed E-state index contributed by atoms with van der Waals surface area (Å²) in [5.74, 6) is -2.24. The number of amides is 3. The molecule has 3 amide bonds. The first kappa shape index (κ1) is 25.1. The Balaban J connectivity index is 1.69. The van der Waals surface area contributed by atoms with Gasteiger partial charge in [0.25, 0.3) is 0 Å². The van der Waals surface area contributed by atoms with Crippen LogP contribution in [0.1, 0.15) is 24.0 Å². The van der Waals surface area contributed by atoms with E-state index in [1.165, 1.54) is 18.2 Å². The summed E-state index contributed by atoms with van der Waals surface area (Å²) < 4.78 is 14.0. The average Bonchev–Trinajstić information content (AvgIpc) is 3.22. The molecule has 0 saturated carbocycles. The number of carbonyl (C=O) groups is 4. The largest absolute Gasteiger partial charge is 0.356 e. The summed E-state index contributed by atoms with van der Waals surface area (Å²) in [4.78, 5) is 48.9. The van der Waals surface area contributed by atoms with Crippen LogP contribution in [0.2, 0.25) is 5.02 Å². The van der Waals surface area contributed by atoms with Gasteiger partial charge in [0.15, 0.2) is 0 Å². The fourth-order valence-electron chi connectivity index (χ4n) is 3.69. The van der Waals surface area contributed by atoms with E-state index in [9.17, 15) is 23.6 Å². The molecule has 0 radical (unpaired) electrons. The molecule has 1 aliphatic rings. The summed E-state index contributed by atoms with van der Waals surface area (Å²) >= 11 is 5.74. The van der Waals surface area contributed by atoms with Gasteiger partial charge in [0.1, 0.15) is 18.1 Å². The molecule has 34 heavy (non-hydrogen) atoms. The highest BCUT2D eigenvalue weighted by molar-refractivity contribution is 6.30. The van der Waals surface area contributed by atoms with Crippen molar-refractivity contribution in [1.82, 2.24) is 16.0 Å². The van der Waals surface area contributed by atoms with E-state index in [0.717, 1.165) is 17.7 Å². The molecule has 1 heterocycles. The van der Waals surface area contributed by atoms with Crippen molar-refractivity contribution in [2.75, 3.05) is 6.54 Å². The van der Waals surface area contributed by atoms with Crippen molar-refractivity contribution < 1.29 is 23.6 Å². The van der Waals surface area contributed by atoms with Crippen LogP contribution < -0.4 is 16.0 Å². The second-order valence-corrected chi connectivity index (χ2v) is 8.45. The Morgan fingerprint density at radius 1 is 1.18 bits per heavy atom. The third-order valence-corrected chi connectivity index (χ3v) is 5.72. The molecule has 2 aromatic carbocycles. The molecule has 7 nitrogen and oxygen atoms in total. The number of hydrogen-bond acceptors (Lipinski definition) is 4. The van der Waals surface area contributed by atoms with Crippen LogP contribution in [0, 0.1) is 11.7 Å². The minimum Gasteiger partial charge on any atom is -0.356 e. The van der Waals surface area contributed by atoms with Crippen molar-refractivity contribution in [2.24, 2.45) is 5.92 Å². The van der Waals surface area contributed by atoms with Crippen LogP contribution in [0.4, 0.5) is 4.39 Å². The smallest absolute Gasteiger partial charge is 0.244 e. The fraction of sp³-hybridized carbons (Fsp3) is 0.280. The van der Waals surface area contributed by atoms with Gasteiger partial charge in [-0.05, 0) is 36.6 Å². The van der Waals surface area contributed by atoms with Crippen LogP contribution in [0.5, 0.6) is 0 Å². The number of rotatable bonds is 10. The van der Waals surface area contributed by atoms with Crippen molar-refractivity contribution in [1.29, 1.82) is 0 Å². The SMILES string of the molecule is O=C[C@@H](C[C@H]1CCNC1=O)NC(=O)[C@@H](Cc1ccccc1)NC(=O)/C=C/c1ccc(Cl)cc1F. The summed E-state index contributed by atoms with van der Waals surface area (Å²) in [7, 11) is 0. The molecule has 178 valence electrons. The molecular weight excluding hydrogens is 461 g/mol. The number of nitrogens with one attached hydrogen (secondary N) is 3. The van der Waals surface area contributed by atoms with Gasteiger partial charge in [0, 0.05) is 35.5 Å². The van der Waals surface area contributed by atoms with Gasteiger partial charge in [0.2, 0.25) is 17.7 Å². The van der Waals surface area contributed by atoms with Crippen molar-refractivity contribution in [2.45, 2.75) is 31.3 Å². The highest BCUT2D eigenvalue weighted by Gasteiger charge is 2.29. The normalized spacial score (nSPS) is 17.1. The molecule has 3 rings (SSSR count). The Bertz CT molecular complexity index is 1080. The van der Waals surface area contributed by atoms with E-state index < -0.39 is 29.7 Å². The van der Waals surface area contributed by atoms with E-state index in [-0.39, 0.29) is 35.3 Å². The molecular formula is C25H25ClFN3O4. The van der Waals surface area contributed by atoms with Crippen LogP contribution in [0.3, 0.4) is 0 Å². The number of aldehydes is 1. The number of halogens is 2. The second kappa shape index (κ2) is 12.1. The van der Waals surface area contributed by atoms with Crippen molar-refractivity contribution >= 4 is 41.7 Å². The second-order valence-electron chi connectivity index (χ2n) is 8.01. The van der Waals surface area contributed by atoms with E-state index in [0.29, 0.717) is 19.3 Å². The van der Waals surface area contributed by atoms with Crippen LogP contribution in [0.25, 0.3) is 6.08 Å². The standard InChI is InChI=1S/C25H25ClFN3O4/c26-19-8-6-17(21(27)14-19)7-9-23(32)30-22(12-16-4-2-1-3-5-16)25(34)29-20(15-31)13-18-10-11-28-24(18)33/h1-9,14-15,18,20,22H,10-13H2,(H,28,33)(H,29,34)(H,30,32)/b9-7+/t18-,20-,22-/m1/s1. The van der Waals surface area contributed by atoms with Crippen LogP contribution in [-0.4, -0.2) is 42.6 Å². The zero-order chi connectivity index (χ0) is 24.5. The maximum atomic E-state index is 14.0. The molecule has 1 fully saturated rings. The quantitative estimate of drug-likeness (QED) is 0.355. The molecule has 0 spiro atoms. The summed E-state index contributed by atoms with van der Waals surface area (Å²) in [5.41, 5.74) is 0.966. The van der Waals surface area contributed by atoms with Gasteiger partial charge >= 0.3 is 0 Å². The minimum absolute atomic E-state index is 0.144. The molecule has 3 atom stereocenters. The molecule has 3 N–H and O–H groups in total. The van der Waals surface area contributed by atoms with Gasteiger partial charge in [-0.15, -0.1) is 0 Å². The van der Waals surface area contributed by atoms with E-state index in [1.807, 2.05) is 30.3 Å². The number of hydrogen-bond donors (Lipinski definition) is 3. The van der Waals surface area contributed by atoms with Crippen LogP contribution in [-0.2, 0) is 25.6 Å². The molecule has 1 aliphatic heterocycles. The highest BCUT2D eigenvalue weighted by Crippen LogP contribution is 2.17. The predicted octanol–water partition coefficient (Wildman–Crippen LogP) is 2.43. The predicted molar refractivity (Wildman–Crippen MR) is 126 cm³/mol. The van der Waals surface area contributed by atoms with Gasteiger partial charge in [-0.3, -0.25) is 14.4 Å². The minimum atomic E-state index is -0.991. The van der Waals surface area contributed by atoms with Gasteiger partial charge < -0.3 is 20.7 Å². The first-order valence-electron chi connectivity index (χ1n) is 10.9. The van der Waals surface area contributed by atoms with Crippen molar-refractivity contribution in [3.8, 4) is 0 Å². The Morgan fingerprint density at radius 2 is 1.94 bits per heavy atom. The Kier molecular flexibility index (Phi) is 8.93. The third-order valence-electron chi connectivity index (χ3n) is 5.49. The van der Waals surface area contributed by atoms with Gasteiger partial charge in [-0.2, -0.15) is 0 Å². The topological polar surface area (TPSA) is 104 Å². The molecule has 2 aromatic rings. The van der Waals surface area contributed by atoms with E-state index in [1.54, 1.807) is 0 Å². The van der Waals surface area contributed by atoms with Crippen LogP contribution >= 0.6 is 11.6 Å². The summed E-state index contributed by atoms with van der Waals surface area (Å²) in [6, 6.07) is 11.3. The average molecular weight is 486 g/mol. The molecule has 9 heteroatoms. The monoisotopic (exact) mass is 485 g/mol. The maximum Gasteiger partial charge on any atom is 0.244 e. The fourth-order valence-corrected chi connectivity index (χ4v) is 3.85. The lowest BCUT2D eigenvalue weighted by molar-refractivity contribution is -0.129. The van der Waals surface area contributed by atoms with E-state index in [4.69, 9.17) is 11.6 Å². The van der Waals surface area contributed by atoms with Crippen molar-refractivity contribution in [3.63, 3.8) is 0 Å². The molecule has 0 aromatic heterocycles. The Labute approximate surface area is 201 Å². The third kappa shape index (κ3) is 7.25. The Morgan fingerprint density at radius 3 is 2.59 bits per heavy atom.